The second-order valence-corrected chi connectivity index (χ2v) is 5.25. The van der Waals surface area contributed by atoms with Gasteiger partial charge in [-0.15, -0.1) is 0 Å². The SMILES string of the molecule is CC1(C)NC(=O)N(CCC(=O)NCCC(O)C(=O)O)C1=O. The lowest BCUT2D eigenvalue weighted by atomic mass is 10.1. The number of nitrogens with one attached hydrogen (secondary N) is 2. The first-order valence-corrected chi connectivity index (χ1v) is 6.47. The number of carbonyl (C=O) groups excluding carboxylic acids is 3. The van der Waals surface area contributed by atoms with Gasteiger partial charge in [-0.3, -0.25) is 14.5 Å². The summed E-state index contributed by atoms with van der Waals surface area (Å²) in [4.78, 5) is 46.2. The van der Waals surface area contributed by atoms with Crippen LogP contribution < -0.4 is 10.6 Å². The van der Waals surface area contributed by atoms with E-state index in [0.29, 0.717) is 0 Å². The molecule has 0 radical (unpaired) electrons. The number of aliphatic hydroxyl groups is 1. The predicted octanol–water partition coefficient (Wildman–Crippen LogP) is -1.34. The average Bonchev–Trinajstić information content (AvgIpc) is 2.56. The Labute approximate surface area is 121 Å². The molecule has 0 aromatic rings. The average molecular weight is 301 g/mol. The van der Waals surface area contributed by atoms with Gasteiger partial charge in [0.1, 0.15) is 5.54 Å². The summed E-state index contributed by atoms with van der Waals surface area (Å²) in [5.74, 6) is -2.19. The van der Waals surface area contributed by atoms with Gasteiger partial charge in [0.15, 0.2) is 6.10 Å². The number of carboxylic acid groups (broad SMARTS) is 1. The predicted molar refractivity (Wildman–Crippen MR) is 70.2 cm³/mol. The molecule has 1 heterocycles. The fourth-order valence-electron chi connectivity index (χ4n) is 1.79. The Morgan fingerprint density at radius 3 is 2.48 bits per heavy atom. The third-order valence-corrected chi connectivity index (χ3v) is 3.03. The molecule has 4 N–H and O–H groups in total. The molecule has 9 nitrogen and oxygen atoms in total. The first-order valence-electron chi connectivity index (χ1n) is 6.47. The van der Waals surface area contributed by atoms with Gasteiger partial charge in [-0.1, -0.05) is 0 Å². The van der Waals surface area contributed by atoms with Crippen LogP contribution >= 0.6 is 0 Å². The number of carbonyl (C=O) groups is 4. The van der Waals surface area contributed by atoms with Crippen LogP contribution in [0.1, 0.15) is 26.7 Å². The highest BCUT2D eigenvalue weighted by Gasteiger charge is 2.43. The number of nitrogens with zero attached hydrogens (tertiary/aromatic N) is 1. The van der Waals surface area contributed by atoms with Crippen molar-refractivity contribution in [2.45, 2.75) is 38.3 Å². The topological polar surface area (TPSA) is 136 Å². The number of amides is 4. The van der Waals surface area contributed by atoms with Crippen molar-refractivity contribution < 1.29 is 29.4 Å². The summed E-state index contributed by atoms with van der Waals surface area (Å²) in [6, 6.07) is -0.543. The Morgan fingerprint density at radius 1 is 1.38 bits per heavy atom. The van der Waals surface area contributed by atoms with Crippen molar-refractivity contribution in [1.29, 1.82) is 0 Å². The lowest BCUT2D eigenvalue weighted by Crippen LogP contribution is -2.40. The first-order chi connectivity index (χ1) is 9.65. The smallest absolute Gasteiger partial charge is 0.332 e. The van der Waals surface area contributed by atoms with Crippen molar-refractivity contribution >= 4 is 23.8 Å². The summed E-state index contributed by atoms with van der Waals surface area (Å²) in [5, 5.41) is 22.4. The zero-order valence-electron chi connectivity index (χ0n) is 11.9. The quantitative estimate of drug-likeness (QED) is 0.430. The minimum Gasteiger partial charge on any atom is -0.479 e. The number of hydrogen-bond donors (Lipinski definition) is 4. The second-order valence-electron chi connectivity index (χ2n) is 5.25. The fraction of sp³-hybridized carbons (Fsp3) is 0.667. The van der Waals surface area contributed by atoms with Gasteiger partial charge in [-0.05, 0) is 13.8 Å². The fourth-order valence-corrected chi connectivity index (χ4v) is 1.79. The Morgan fingerprint density at radius 2 is 2.00 bits per heavy atom. The van der Waals surface area contributed by atoms with E-state index in [-0.39, 0.29) is 25.9 Å². The number of rotatable bonds is 7. The molecule has 21 heavy (non-hydrogen) atoms. The van der Waals surface area contributed by atoms with E-state index in [1.165, 1.54) is 0 Å². The molecule has 0 aromatic carbocycles. The van der Waals surface area contributed by atoms with Crippen molar-refractivity contribution in [3.8, 4) is 0 Å². The van der Waals surface area contributed by atoms with Crippen molar-refractivity contribution in [1.82, 2.24) is 15.5 Å². The third kappa shape index (κ3) is 4.42. The Balaban J connectivity index is 2.32. The molecule has 118 valence electrons. The summed E-state index contributed by atoms with van der Waals surface area (Å²) >= 11 is 0. The van der Waals surface area contributed by atoms with Crippen molar-refractivity contribution in [2.75, 3.05) is 13.1 Å². The molecule has 1 rings (SSSR count). The van der Waals surface area contributed by atoms with E-state index in [2.05, 4.69) is 10.6 Å². The molecule has 9 heteroatoms. The minimum absolute atomic E-state index is 0.00205. The van der Waals surface area contributed by atoms with Gasteiger partial charge in [0.25, 0.3) is 5.91 Å². The molecule has 1 atom stereocenters. The van der Waals surface area contributed by atoms with Gasteiger partial charge in [-0.2, -0.15) is 0 Å². The van der Waals surface area contributed by atoms with E-state index in [1.807, 2.05) is 0 Å². The maximum Gasteiger partial charge on any atom is 0.332 e. The molecule has 4 amide bonds. The molecule has 0 aromatic heterocycles. The Bertz CT molecular complexity index is 462. The van der Waals surface area contributed by atoms with Crippen molar-refractivity contribution in [3.05, 3.63) is 0 Å². The van der Waals surface area contributed by atoms with Gasteiger partial charge >= 0.3 is 12.0 Å². The molecule has 0 bridgehead atoms. The molecule has 1 unspecified atom stereocenters. The zero-order valence-corrected chi connectivity index (χ0v) is 11.9. The molecule has 0 saturated carbocycles. The lowest BCUT2D eigenvalue weighted by molar-refractivity contribution is -0.147. The van der Waals surface area contributed by atoms with Gasteiger partial charge < -0.3 is 20.8 Å². The lowest BCUT2D eigenvalue weighted by Gasteiger charge is -2.15. The van der Waals surface area contributed by atoms with Crippen LogP contribution in [0.15, 0.2) is 0 Å². The van der Waals surface area contributed by atoms with E-state index >= 15 is 0 Å². The molecule has 0 spiro atoms. The number of aliphatic hydroxyl groups excluding tert-OH is 1. The molecular formula is C12H19N3O6. The van der Waals surface area contributed by atoms with E-state index in [1.54, 1.807) is 13.8 Å². The zero-order chi connectivity index (χ0) is 16.2. The monoisotopic (exact) mass is 301 g/mol. The number of aliphatic carboxylic acids is 1. The molecule has 1 aliphatic heterocycles. The summed E-state index contributed by atoms with van der Waals surface area (Å²) in [5.41, 5.74) is -0.973. The normalized spacial score (nSPS) is 18.3. The summed E-state index contributed by atoms with van der Waals surface area (Å²) in [6.45, 7) is 3.08. The minimum atomic E-state index is -1.53. The van der Waals surface area contributed by atoms with Gasteiger partial charge in [0.2, 0.25) is 5.91 Å². The number of carboxylic acids is 1. The third-order valence-electron chi connectivity index (χ3n) is 3.03. The van der Waals surface area contributed by atoms with Gasteiger partial charge in [0, 0.05) is 25.9 Å². The molecule has 0 aliphatic carbocycles. The van der Waals surface area contributed by atoms with Crippen molar-refractivity contribution in [3.63, 3.8) is 0 Å². The van der Waals surface area contributed by atoms with Crippen LogP contribution in [-0.4, -0.2) is 63.7 Å². The summed E-state index contributed by atoms with van der Waals surface area (Å²) in [6.07, 6.45) is -1.73. The van der Waals surface area contributed by atoms with Crippen molar-refractivity contribution in [2.24, 2.45) is 0 Å². The molecule has 1 saturated heterocycles. The highest BCUT2D eigenvalue weighted by molar-refractivity contribution is 6.06. The van der Waals surface area contributed by atoms with E-state index < -0.39 is 35.5 Å². The number of imide groups is 1. The summed E-state index contributed by atoms with van der Waals surface area (Å²) < 4.78 is 0. The molecular weight excluding hydrogens is 282 g/mol. The van der Waals surface area contributed by atoms with E-state index in [9.17, 15) is 19.2 Å². The highest BCUT2D eigenvalue weighted by Crippen LogP contribution is 2.16. The van der Waals surface area contributed by atoms with Gasteiger partial charge in [0.05, 0.1) is 0 Å². The van der Waals surface area contributed by atoms with Gasteiger partial charge in [-0.25, -0.2) is 9.59 Å². The number of hydrogen-bond acceptors (Lipinski definition) is 5. The second kappa shape index (κ2) is 6.53. The Hall–Kier alpha value is -2.16. The maximum atomic E-state index is 11.8. The number of urea groups is 1. The molecule has 1 aliphatic rings. The van der Waals surface area contributed by atoms with E-state index in [4.69, 9.17) is 10.2 Å². The maximum absolute atomic E-state index is 11.8. The van der Waals surface area contributed by atoms with Crippen LogP contribution in [0.2, 0.25) is 0 Å². The van der Waals surface area contributed by atoms with E-state index in [0.717, 1.165) is 4.90 Å². The first kappa shape index (κ1) is 16.9. The standard InChI is InChI=1S/C12H19N3O6/c1-12(2)10(20)15(11(21)14-12)6-4-8(17)13-5-3-7(16)9(18)19/h7,16H,3-6H2,1-2H3,(H,13,17)(H,14,21)(H,18,19). The van der Waals surface area contributed by atoms with Crippen LogP contribution in [0.4, 0.5) is 4.79 Å². The largest absolute Gasteiger partial charge is 0.479 e. The van der Waals surface area contributed by atoms with Crippen LogP contribution in [-0.2, 0) is 14.4 Å². The van der Waals surface area contributed by atoms with Crippen LogP contribution in [0, 0.1) is 0 Å². The highest BCUT2D eigenvalue weighted by atomic mass is 16.4. The Kier molecular flexibility index (Phi) is 5.25. The summed E-state index contributed by atoms with van der Waals surface area (Å²) in [7, 11) is 0. The van der Waals surface area contributed by atoms with Crippen LogP contribution in [0.25, 0.3) is 0 Å². The molecule has 1 fully saturated rings. The van der Waals surface area contributed by atoms with Crippen LogP contribution in [0.3, 0.4) is 0 Å². The van der Waals surface area contributed by atoms with Crippen LogP contribution in [0.5, 0.6) is 0 Å².